The smallest absolute Gasteiger partial charge is 0.272 e. The van der Waals surface area contributed by atoms with E-state index in [9.17, 15) is 28.3 Å². The van der Waals surface area contributed by atoms with Gasteiger partial charge in [-0.05, 0) is 19.1 Å². The van der Waals surface area contributed by atoms with Crippen LogP contribution in [0.1, 0.15) is 29.7 Å². The number of carbonyl (C=O) groups excluding carboxylic acids is 3. The molecule has 0 aromatic heterocycles. The third-order valence-corrected chi connectivity index (χ3v) is 5.95. The number of rotatable bonds is 6. The number of carbonyl (C=O) groups is 3. The van der Waals surface area contributed by atoms with Crippen LogP contribution < -0.4 is 15.5 Å². The Morgan fingerprint density at radius 2 is 1.65 bits per heavy atom. The molecule has 0 fully saturated rings. The van der Waals surface area contributed by atoms with Crippen molar-refractivity contribution in [3.05, 3.63) is 101 Å². The molecule has 3 aromatic rings. The Hall–Kier alpha value is -4.44. The fourth-order valence-corrected chi connectivity index (χ4v) is 3.93. The van der Waals surface area contributed by atoms with Crippen LogP contribution >= 0.6 is 0 Å². The first-order valence-electron chi connectivity index (χ1n) is 11.4. The Kier molecular flexibility index (Phi) is 7.40. The molecule has 4 rings (SSSR count). The Bertz CT molecular complexity index is 1380. The molecule has 1 heterocycles. The number of nitrogens with one attached hydrogen (secondary N) is 2. The molecule has 0 saturated carbocycles. The molecule has 3 amide bonds. The number of anilines is 1. The lowest BCUT2D eigenvalue weighted by Gasteiger charge is -2.22. The Labute approximate surface area is 211 Å². The van der Waals surface area contributed by atoms with Crippen LogP contribution in [0.3, 0.4) is 0 Å². The zero-order chi connectivity index (χ0) is 26.7. The molecule has 0 saturated heterocycles. The number of fused-ring (bicyclic) bond motifs is 1. The fourth-order valence-electron chi connectivity index (χ4n) is 3.93. The number of aliphatic hydroxyl groups excluding tert-OH is 1. The van der Waals surface area contributed by atoms with E-state index in [1.54, 1.807) is 19.2 Å². The maximum Gasteiger partial charge on any atom is 0.272 e. The van der Waals surface area contributed by atoms with E-state index in [1.165, 1.54) is 11.8 Å². The van der Waals surface area contributed by atoms with Crippen LogP contribution in [0.4, 0.5) is 14.5 Å². The van der Waals surface area contributed by atoms with Gasteiger partial charge in [0.25, 0.3) is 11.8 Å². The number of aliphatic imine (C=N–C) groups is 1. The van der Waals surface area contributed by atoms with Crippen molar-refractivity contribution in [2.45, 2.75) is 25.2 Å². The van der Waals surface area contributed by atoms with Gasteiger partial charge in [-0.15, -0.1) is 0 Å². The van der Waals surface area contributed by atoms with Crippen LogP contribution in [0.25, 0.3) is 0 Å². The number of benzodiazepines with no additional fused rings is 1. The zero-order valence-corrected chi connectivity index (χ0v) is 20.0. The minimum atomic E-state index is -2.05. The average molecular weight is 507 g/mol. The molecule has 190 valence electrons. The first-order valence-corrected chi connectivity index (χ1v) is 11.4. The summed E-state index contributed by atoms with van der Waals surface area (Å²) in [7, 11) is 1.57. The van der Waals surface area contributed by atoms with Crippen molar-refractivity contribution in [3.8, 4) is 0 Å². The van der Waals surface area contributed by atoms with E-state index in [0.29, 0.717) is 17.0 Å². The van der Waals surface area contributed by atoms with E-state index in [1.807, 2.05) is 42.5 Å². The van der Waals surface area contributed by atoms with Gasteiger partial charge in [0.2, 0.25) is 12.1 Å². The van der Waals surface area contributed by atoms with Gasteiger partial charge in [-0.2, -0.15) is 0 Å². The molecule has 3 aromatic carbocycles. The predicted octanol–water partition coefficient (Wildman–Crippen LogP) is 2.46. The van der Waals surface area contributed by atoms with Gasteiger partial charge < -0.3 is 20.6 Å². The number of para-hydroxylation sites is 1. The largest absolute Gasteiger partial charge is 0.378 e. The average Bonchev–Trinajstić information content (AvgIpc) is 3.01. The molecule has 10 heteroatoms. The van der Waals surface area contributed by atoms with Crippen molar-refractivity contribution >= 4 is 29.1 Å². The Morgan fingerprint density at radius 1 is 0.973 bits per heavy atom. The quantitative estimate of drug-likeness (QED) is 0.477. The van der Waals surface area contributed by atoms with Crippen LogP contribution in [-0.2, 0) is 14.4 Å². The highest BCUT2D eigenvalue weighted by molar-refractivity contribution is 6.20. The summed E-state index contributed by atoms with van der Waals surface area (Å²) in [5.41, 5.74) is 1.96. The third-order valence-electron chi connectivity index (χ3n) is 5.95. The van der Waals surface area contributed by atoms with E-state index in [0.717, 1.165) is 23.8 Å². The number of hydrogen-bond acceptors (Lipinski definition) is 5. The Balaban J connectivity index is 1.56. The maximum absolute atomic E-state index is 14.0. The molecule has 0 spiro atoms. The first-order chi connectivity index (χ1) is 17.7. The molecular formula is C27H24F2N4O4. The predicted molar refractivity (Wildman–Crippen MR) is 133 cm³/mol. The normalized spacial score (nSPS) is 16.7. The Morgan fingerprint density at radius 3 is 2.38 bits per heavy atom. The second kappa shape index (κ2) is 10.7. The summed E-state index contributed by atoms with van der Waals surface area (Å²) in [5, 5.41) is 15.0. The summed E-state index contributed by atoms with van der Waals surface area (Å²) in [6.45, 7) is 1.32. The molecule has 1 aliphatic heterocycles. The number of hydrogen-bond donors (Lipinski definition) is 3. The molecule has 0 aliphatic carbocycles. The lowest BCUT2D eigenvalue weighted by Crippen LogP contribution is -2.52. The van der Waals surface area contributed by atoms with Crippen LogP contribution in [0.15, 0.2) is 77.8 Å². The summed E-state index contributed by atoms with van der Waals surface area (Å²) in [5.74, 6) is -4.98. The molecule has 1 unspecified atom stereocenters. The van der Waals surface area contributed by atoms with Crippen LogP contribution in [0, 0.1) is 11.6 Å². The number of aliphatic hydroxyl groups is 1. The molecule has 0 bridgehead atoms. The van der Waals surface area contributed by atoms with Gasteiger partial charge >= 0.3 is 0 Å². The number of amides is 3. The lowest BCUT2D eigenvalue weighted by molar-refractivity contribution is -0.134. The molecular weight excluding hydrogens is 482 g/mol. The van der Waals surface area contributed by atoms with Crippen molar-refractivity contribution in [3.63, 3.8) is 0 Å². The standard InChI is InChI=1S/C27H24F2N4O4/c1-15(30-26(36)23(34)18-12-8-13-19(28)21(18)29)25(35)32-24-27(37)33(2)20-14-7-6-11-17(20)22(31-24)16-9-4-3-5-10-16/h3-15,23-24,34H,1-2H3,(H,30,36)(H,32,35)/t15-,23?,24+/m0/s1. The van der Waals surface area contributed by atoms with Gasteiger partial charge in [0, 0.05) is 23.7 Å². The van der Waals surface area contributed by atoms with E-state index in [4.69, 9.17) is 0 Å². The third kappa shape index (κ3) is 5.24. The molecule has 3 atom stereocenters. The van der Waals surface area contributed by atoms with Crippen molar-refractivity contribution in [1.29, 1.82) is 0 Å². The molecule has 3 N–H and O–H groups in total. The van der Waals surface area contributed by atoms with Gasteiger partial charge in [0.05, 0.1) is 11.4 Å². The van der Waals surface area contributed by atoms with Crippen molar-refractivity contribution < 1.29 is 28.3 Å². The highest BCUT2D eigenvalue weighted by atomic mass is 19.2. The van der Waals surface area contributed by atoms with Crippen molar-refractivity contribution in [2.24, 2.45) is 4.99 Å². The minimum Gasteiger partial charge on any atom is -0.378 e. The van der Waals surface area contributed by atoms with Crippen LogP contribution in [0.2, 0.25) is 0 Å². The van der Waals surface area contributed by atoms with Crippen molar-refractivity contribution in [1.82, 2.24) is 10.6 Å². The second-order valence-electron chi connectivity index (χ2n) is 8.45. The highest BCUT2D eigenvalue weighted by Crippen LogP contribution is 2.27. The fraction of sp³-hybridized carbons (Fsp3) is 0.185. The summed E-state index contributed by atoms with van der Waals surface area (Å²) in [4.78, 5) is 44.5. The molecule has 8 nitrogen and oxygen atoms in total. The minimum absolute atomic E-state index is 0.493. The van der Waals surface area contributed by atoms with E-state index >= 15 is 0 Å². The van der Waals surface area contributed by atoms with Gasteiger partial charge in [0.15, 0.2) is 17.7 Å². The summed E-state index contributed by atoms with van der Waals surface area (Å²) in [6.07, 6.45) is -3.36. The molecule has 0 radical (unpaired) electrons. The summed E-state index contributed by atoms with van der Waals surface area (Å²) in [6, 6.07) is 18.2. The molecule has 1 aliphatic rings. The molecule has 37 heavy (non-hydrogen) atoms. The zero-order valence-electron chi connectivity index (χ0n) is 20.0. The van der Waals surface area contributed by atoms with E-state index < -0.39 is 53.2 Å². The first kappa shape index (κ1) is 25.6. The van der Waals surface area contributed by atoms with Gasteiger partial charge in [0.1, 0.15) is 6.04 Å². The summed E-state index contributed by atoms with van der Waals surface area (Å²) < 4.78 is 27.5. The van der Waals surface area contributed by atoms with Gasteiger partial charge in [-0.1, -0.05) is 60.7 Å². The number of likely N-dealkylation sites (N-methyl/N-ethyl adjacent to an activating group) is 1. The van der Waals surface area contributed by atoms with E-state index in [-0.39, 0.29) is 0 Å². The SMILES string of the molecule is C[C@H](NC(=O)C(O)c1cccc(F)c1F)C(=O)N[C@H]1N=C(c2ccccc2)c2ccccc2N(C)C1=O. The topological polar surface area (TPSA) is 111 Å². The van der Waals surface area contributed by atoms with Crippen LogP contribution in [-0.4, -0.2) is 47.8 Å². The van der Waals surface area contributed by atoms with E-state index in [2.05, 4.69) is 15.6 Å². The lowest BCUT2D eigenvalue weighted by atomic mass is 10.0. The van der Waals surface area contributed by atoms with Gasteiger partial charge in [-0.3, -0.25) is 14.4 Å². The van der Waals surface area contributed by atoms with Crippen molar-refractivity contribution in [2.75, 3.05) is 11.9 Å². The van der Waals surface area contributed by atoms with Gasteiger partial charge in [-0.25, -0.2) is 13.8 Å². The number of nitrogens with zero attached hydrogens (tertiary/aromatic N) is 2. The monoisotopic (exact) mass is 506 g/mol. The number of benzene rings is 3. The maximum atomic E-state index is 14.0. The highest BCUT2D eigenvalue weighted by Gasteiger charge is 2.33. The second-order valence-corrected chi connectivity index (χ2v) is 8.45. The number of halogens is 2. The van der Waals surface area contributed by atoms with Crippen LogP contribution in [0.5, 0.6) is 0 Å². The summed E-state index contributed by atoms with van der Waals surface area (Å²) >= 11 is 0.